The number of thioether (sulfide) groups is 2. The highest BCUT2D eigenvalue weighted by molar-refractivity contribution is 8.17. The van der Waals surface area contributed by atoms with Crippen LogP contribution < -0.4 is 5.32 Å². The van der Waals surface area contributed by atoms with Crippen LogP contribution in [0.2, 0.25) is 0 Å². The molecule has 8 heteroatoms. The number of carbonyl (C=O) groups is 1. The highest BCUT2D eigenvalue weighted by atomic mass is 32.2. The molecule has 1 aromatic carbocycles. The number of nitro groups is 1. The molecule has 0 aliphatic carbocycles. The van der Waals surface area contributed by atoms with E-state index < -0.39 is 0 Å². The van der Waals surface area contributed by atoms with Crippen LogP contribution in [0.4, 0.5) is 5.69 Å². The molecule has 1 N–H and O–H groups in total. The van der Waals surface area contributed by atoms with E-state index in [4.69, 9.17) is 0 Å². The molecule has 1 amide bonds. The van der Waals surface area contributed by atoms with Gasteiger partial charge in [-0.3, -0.25) is 14.9 Å². The number of nitrogens with zero attached hydrogens (tertiary/aromatic N) is 2. The molecule has 0 spiro atoms. The first-order chi connectivity index (χ1) is 14.6. The second kappa shape index (κ2) is 12.6. The summed E-state index contributed by atoms with van der Waals surface area (Å²) in [5, 5.41) is 14.5. The van der Waals surface area contributed by atoms with E-state index in [-0.39, 0.29) is 16.5 Å². The molecule has 6 nitrogen and oxygen atoms in total. The molecule has 3 rings (SSSR count). The summed E-state index contributed by atoms with van der Waals surface area (Å²) in [5.41, 5.74) is 1.31. The number of benzene rings is 1. The summed E-state index contributed by atoms with van der Waals surface area (Å²) in [4.78, 5) is 25.0. The van der Waals surface area contributed by atoms with Crippen LogP contribution in [0.3, 0.4) is 0 Å². The Morgan fingerprint density at radius 2 is 1.93 bits per heavy atom. The number of piperidine rings is 1. The minimum atomic E-state index is -0.350. The third-order valence-electron chi connectivity index (χ3n) is 5.78. The van der Waals surface area contributed by atoms with Gasteiger partial charge in [0.05, 0.1) is 9.51 Å². The normalized spacial score (nSPS) is 22.5. The Kier molecular flexibility index (Phi) is 9.81. The van der Waals surface area contributed by atoms with E-state index in [9.17, 15) is 14.9 Å². The maximum atomic E-state index is 12.1. The Balaban J connectivity index is 1.29. The number of carbonyl (C=O) groups excluding carboxylic acids is 1. The number of likely N-dealkylation sites (tertiary alicyclic amines) is 1. The van der Waals surface area contributed by atoms with Gasteiger partial charge in [0.15, 0.2) is 0 Å². The van der Waals surface area contributed by atoms with Crippen molar-refractivity contribution in [3.63, 3.8) is 0 Å². The maximum Gasteiger partial charge on any atom is 0.269 e. The van der Waals surface area contributed by atoms with E-state index in [2.05, 4.69) is 10.2 Å². The molecule has 0 aromatic heterocycles. The molecule has 0 saturated carbocycles. The lowest BCUT2D eigenvalue weighted by Gasteiger charge is -2.28. The Morgan fingerprint density at radius 3 is 2.67 bits per heavy atom. The van der Waals surface area contributed by atoms with E-state index in [1.54, 1.807) is 12.1 Å². The van der Waals surface area contributed by atoms with Crippen LogP contribution in [0.15, 0.2) is 24.3 Å². The third-order valence-corrected chi connectivity index (χ3v) is 8.94. The summed E-state index contributed by atoms with van der Waals surface area (Å²) in [6.07, 6.45) is 8.90. The van der Waals surface area contributed by atoms with Crippen molar-refractivity contribution in [2.75, 3.05) is 31.9 Å². The van der Waals surface area contributed by atoms with Crippen molar-refractivity contribution in [3.8, 4) is 0 Å². The number of unbranched alkanes of at least 4 members (excludes halogenated alkanes) is 1. The number of hydrogen-bond acceptors (Lipinski definition) is 6. The Bertz CT molecular complexity index is 681. The predicted octanol–water partition coefficient (Wildman–Crippen LogP) is 4.99. The van der Waals surface area contributed by atoms with Crippen LogP contribution in [-0.2, 0) is 4.79 Å². The van der Waals surface area contributed by atoms with Gasteiger partial charge < -0.3 is 10.2 Å². The first kappa shape index (κ1) is 23.4. The zero-order valence-electron chi connectivity index (χ0n) is 17.6. The fourth-order valence-corrected chi connectivity index (χ4v) is 7.44. The van der Waals surface area contributed by atoms with Gasteiger partial charge in [-0.25, -0.2) is 0 Å². The molecule has 30 heavy (non-hydrogen) atoms. The topological polar surface area (TPSA) is 75.5 Å². The van der Waals surface area contributed by atoms with Gasteiger partial charge in [-0.2, -0.15) is 0 Å². The van der Waals surface area contributed by atoms with Gasteiger partial charge in [-0.15, -0.1) is 23.5 Å². The van der Waals surface area contributed by atoms with E-state index in [0.717, 1.165) is 43.7 Å². The molecular weight excluding hydrogens is 418 g/mol. The number of rotatable bonds is 10. The minimum absolute atomic E-state index is 0.148. The van der Waals surface area contributed by atoms with Gasteiger partial charge >= 0.3 is 0 Å². The van der Waals surface area contributed by atoms with Crippen molar-refractivity contribution in [2.24, 2.45) is 0 Å². The lowest BCUT2D eigenvalue weighted by molar-refractivity contribution is -0.384. The molecule has 2 atom stereocenters. The Labute approximate surface area is 188 Å². The molecule has 1 aromatic rings. The average molecular weight is 452 g/mol. The van der Waals surface area contributed by atoms with Crippen molar-refractivity contribution < 1.29 is 9.72 Å². The fourth-order valence-electron chi connectivity index (χ4n) is 4.01. The summed E-state index contributed by atoms with van der Waals surface area (Å²) >= 11 is 3.90. The zero-order chi connectivity index (χ0) is 21.2. The van der Waals surface area contributed by atoms with Crippen molar-refractivity contribution in [3.05, 3.63) is 39.9 Å². The van der Waals surface area contributed by atoms with Gasteiger partial charge in [0, 0.05) is 36.9 Å². The summed E-state index contributed by atoms with van der Waals surface area (Å²) < 4.78 is 0.350. The predicted molar refractivity (Wildman–Crippen MR) is 126 cm³/mol. The standard InChI is InChI=1S/C22H33N3O3S2/c26-21(23-13-16-24-14-4-1-5-15-24)7-3-2-6-20-12-17-29-22(30-20)18-8-10-19(11-9-18)25(27)28/h8-11,20,22H,1-7,12-17H2,(H,23,26). The van der Waals surface area contributed by atoms with Crippen molar-refractivity contribution in [1.29, 1.82) is 0 Å². The highest BCUT2D eigenvalue weighted by Crippen LogP contribution is 2.48. The second-order valence-electron chi connectivity index (χ2n) is 8.10. The second-order valence-corrected chi connectivity index (χ2v) is 11.0. The number of nitrogens with one attached hydrogen (secondary N) is 1. The summed E-state index contributed by atoms with van der Waals surface area (Å²) in [6, 6.07) is 6.98. The quantitative estimate of drug-likeness (QED) is 0.307. The molecule has 2 aliphatic rings. The molecule has 2 unspecified atom stereocenters. The molecule has 2 heterocycles. The van der Waals surface area contributed by atoms with E-state index in [1.165, 1.54) is 38.8 Å². The maximum absolute atomic E-state index is 12.1. The van der Waals surface area contributed by atoms with E-state index >= 15 is 0 Å². The van der Waals surface area contributed by atoms with Crippen molar-refractivity contribution >= 4 is 35.1 Å². The number of hydrogen-bond donors (Lipinski definition) is 1. The van der Waals surface area contributed by atoms with Crippen LogP contribution >= 0.6 is 23.5 Å². The average Bonchev–Trinajstić information content (AvgIpc) is 2.78. The molecule has 0 bridgehead atoms. The number of non-ortho nitro benzene ring substituents is 1. The molecule has 2 fully saturated rings. The SMILES string of the molecule is O=C(CCCCC1CCSC(c2ccc([N+](=O)[O-])cc2)S1)NCCN1CCCCC1. The van der Waals surface area contributed by atoms with Crippen LogP contribution in [-0.4, -0.2) is 52.9 Å². The van der Waals surface area contributed by atoms with Crippen LogP contribution in [0.25, 0.3) is 0 Å². The lowest BCUT2D eigenvalue weighted by atomic mass is 10.1. The summed E-state index contributed by atoms with van der Waals surface area (Å²) in [6.45, 7) is 4.10. The van der Waals surface area contributed by atoms with Crippen LogP contribution in [0.5, 0.6) is 0 Å². The molecule has 0 radical (unpaired) electrons. The fraction of sp³-hybridized carbons (Fsp3) is 0.682. The monoisotopic (exact) mass is 451 g/mol. The van der Waals surface area contributed by atoms with E-state index in [0.29, 0.717) is 16.3 Å². The Hall–Kier alpha value is -1.25. The van der Waals surface area contributed by atoms with Crippen LogP contribution in [0.1, 0.15) is 61.5 Å². The molecular formula is C22H33N3O3S2. The first-order valence-corrected chi connectivity index (χ1v) is 13.1. The molecule has 166 valence electrons. The molecule has 2 aliphatic heterocycles. The van der Waals surface area contributed by atoms with Crippen molar-refractivity contribution in [2.45, 2.75) is 61.2 Å². The van der Waals surface area contributed by atoms with Gasteiger partial charge in [0.1, 0.15) is 0 Å². The largest absolute Gasteiger partial charge is 0.355 e. The first-order valence-electron chi connectivity index (χ1n) is 11.1. The number of amides is 1. The summed E-state index contributed by atoms with van der Waals surface area (Å²) in [7, 11) is 0. The van der Waals surface area contributed by atoms with Gasteiger partial charge in [0.25, 0.3) is 5.69 Å². The third kappa shape index (κ3) is 7.78. The van der Waals surface area contributed by atoms with Gasteiger partial charge in [0.2, 0.25) is 5.91 Å². The minimum Gasteiger partial charge on any atom is -0.355 e. The highest BCUT2D eigenvalue weighted by Gasteiger charge is 2.24. The molecule has 2 saturated heterocycles. The van der Waals surface area contributed by atoms with Crippen LogP contribution in [0, 0.1) is 10.1 Å². The lowest BCUT2D eigenvalue weighted by Crippen LogP contribution is -2.37. The Morgan fingerprint density at radius 1 is 1.17 bits per heavy atom. The zero-order valence-corrected chi connectivity index (χ0v) is 19.2. The number of nitro benzene ring substituents is 1. The van der Waals surface area contributed by atoms with Crippen molar-refractivity contribution in [1.82, 2.24) is 10.2 Å². The van der Waals surface area contributed by atoms with Gasteiger partial charge in [-0.05, 0) is 56.5 Å². The van der Waals surface area contributed by atoms with E-state index in [1.807, 2.05) is 35.7 Å². The van der Waals surface area contributed by atoms with Gasteiger partial charge in [-0.1, -0.05) is 25.0 Å². The smallest absolute Gasteiger partial charge is 0.269 e. The summed E-state index contributed by atoms with van der Waals surface area (Å²) in [5.74, 6) is 1.30.